The van der Waals surface area contributed by atoms with E-state index < -0.39 is 0 Å². The molecule has 0 radical (unpaired) electrons. The summed E-state index contributed by atoms with van der Waals surface area (Å²) >= 11 is 0. The van der Waals surface area contributed by atoms with Crippen LogP contribution in [0.25, 0.3) is 5.57 Å². The van der Waals surface area contributed by atoms with Crippen LogP contribution in [0.5, 0.6) is 0 Å². The third-order valence-electron chi connectivity index (χ3n) is 3.61. The van der Waals surface area contributed by atoms with Crippen molar-refractivity contribution in [2.24, 2.45) is 0 Å². The summed E-state index contributed by atoms with van der Waals surface area (Å²) in [5, 5.41) is 0. The number of ether oxygens (including phenoxy) is 1. The van der Waals surface area contributed by atoms with Gasteiger partial charge in [0.15, 0.2) is 0 Å². The predicted molar refractivity (Wildman–Crippen MR) is 81.7 cm³/mol. The van der Waals surface area contributed by atoms with Gasteiger partial charge < -0.3 is 4.74 Å². The van der Waals surface area contributed by atoms with Gasteiger partial charge >= 0.3 is 0 Å². The fraction of sp³-hybridized carbons (Fsp3) is 0.333. The zero-order valence-electron chi connectivity index (χ0n) is 12.4. The van der Waals surface area contributed by atoms with Gasteiger partial charge in [0.2, 0.25) is 0 Å². The van der Waals surface area contributed by atoms with Crippen LogP contribution >= 0.6 is 0 Å². The van der Waals surface area contributed by atoms with Crippen molar-refractivity contribution >= 4 is 5.57 Å². The largest absolute Gasteiger partial charge is 0.493 e. The Morgan fingerprint density at radius 1 is 1.15 bits per heavy atom. The first kappa shape index (κ1) is 14.6. The quantitative estimate of drug-likeness (QED) is 0.726. The van der Waals surface area contributed by atoms with Gasteiger partial charge in [0.25, 0.3) is 0 Å². The highest BCUT2D eigenvalue weighted by Gasteiger charge is 2.14. The number of benzene rings is 1. The molecule has 1 aromatic carbocycles. The van der Waals surface area contributed by atoms with Crippen molar-refractivity contribution in [3.8, 4) is 0 Å². The van der Waals surface area contributed by atoms with Crippen LogP contribution in [-0.4, -0.2) is 6.61 Å². The van der Waals surface area contributed by atoms with E-state index in [2.05, 4.69) is 26.0 Å². The lowest BCUT2D eigenvalue weighted by Crippen LogP contribution is -1.96. The summed E-state index contributed by atoms with van der Waals surface area (Å²) < 4.78 is 18.9. The summed E-state index contributed by atoms with van der Waals surface area (Å²) in [4.78, 5) is 0. The van der Waals surface area contributed by atoms with E-state index in [0.29, 0.717) is 6.61 Å². The first-order chi connectivity index (χ1) is 9.65. The van der Waals surface area contributed by atoms with Crippen molar-refractivity contribution in [2.45, 2.75) is 33.6 Å². The molecular weight excluding hydrogens is 251 g/mol. The molecule has 0 aromatic heterocycles. The predicted octanol–water partition coefficient (Wildman–Crippen LogP) is 5.26. The van der Waals surface area contributed by atoms with Crippen LogP contribution in [0, 0.1) is 5.82 Å². The fourth-order valence-electron chi connectivity index (χ4n) is 2.45. The normalized spacial score (nSPS) is 15.6. The van der Waals surface area contributed by atoms with Crippen LogP contribution in [0.3, 0.4) is 0 Å². The Hall–Kier alpha value is -1.83. The van der Waals surface area contributed by atoms with Crippen molar-refractivity contribution < 1.29 is 9.13 Å². The van der Waals surface area contributed by atoms with Crippen LogP contribution in [0.1, 0.15) is 39.2 Å². The fourth-order valence-corrected chi connectivity index (χ4v) is 2.45. The van der Waals surface area contributed by atoms with E-state index in [0.717, 1.165) is 29.7 Å². The molecule has 1 aliphatic carbocycles. The maximum Gasteiger partial charge on any atom is 0.127 e. The summed E-state index contributed by atoms with van der Waals surface area (Å²) in [5.74, 6) is 0.661. The van der Waals surface area contributed by atoms with Crippen LogP contribution in [0.2, 0.25) is 0 Å². The zero-order chi connectivity index (χ0) is 14.5. The molecule has 2 heteroatoms. The summed E-state index contributed by atoms with van der Waals surface area (Å²) in [7, 11) is 0. The Kier molecular flexibility index (Phi) is 4.78. The molecule has 0 bridgehead atoms. The molecule has 0 atom stereocenters. The lowest BCUT2D eigenvalue weighted by molar-refractivity contribution is 0.246. The topological polar surface area (TPSA) is 9.23 Å². The summed E-state index contributed by atoms with van der Waals surface area (Å²) in [5.41, 5.74) is 4.73. The Labute approximate surface area is 120 Å². The third-order valence-corrected chi connectivity index (χ3v) is 3.61. The standard InChI is InChI=1S/C18H21FO/c1-4-14-8-11-17(15-6-9-16(19)10-7-15)18(20-5-2)12-13(14)3/h6-7,9-12H,4-5,8H2,1-3H3. The van der Waals surface area contributed by atoms with Gasteiger partial charge in [0.1, 0.15) is 11.6 Å². The minimum atomic E-state index is -0.214. The number of allylic oxidation sites excluding steroid dienone is 5. The second kappa shape index (κ2) is 6.56. The molecule has 0 aliphatic heterocycles. The van der Waals surface area contributed by atoms with Crippen molar-refractivity contribution in [3.63, 3.8) is 0 Å². The SMILES string of the molecule is CCOC1=CC(C)=C(CC)CC=C1c1ccc(F)cc1. The first-order valence-electron chi connectivity index (χ1n) is 7.15. The van der Waals surface area contributed by atoms with Crippen molar-refractivity contribution in [1.29, 1.82) is 0 Å². The maximum atomic E-state index is 13.1. The number of rotatable bonds is 4. The maximum absolute atomic E-state index is 13.1. The summed E-state index contributed by atoms with van der Waals surface area (Å²) in [6.07, 6.45) is 6.24. The van der Waals surface area contributed by atoms with Crippen LogP contribution in [0.15, 0.2) is 53.3 Å². The molecule has 0 heterocycles. The summed E-state index contributed by atoms with van der Waals surface area (Å²) in [6.45, 7) is 6.90. The van der Waals surface area contributed by atoms with E-state index >= 15 is 0 Å². The molecule has 0 N–H and O–H groups in total. The highest BCUT2D eigenvalue weighted by Crippen LogP contribution is 2.31. The van der Waals surface area contributed by atoms with E-state index in [9.17, 15) is 4.39 Å². The second-order valence-corrected chi connectivity index (χ2v) is 4.91. The minimum Gasteiger partial charge on any atom is -0.493 e. The van der Waals surface area contributed by atoms with Crippen LogP contribution in [-0.2, 0) is 4.74 Å². The van der Waals surface area contributed by atoms with E-state index in [1.54, 1.807) is 12.1 Å². The van der Waals surface area contributed by atoms with E-state index in [-0.39, 0.29) is 5.82 Å². The molecule has 20 heavy (non-hydrogen) atoms. The molecule has 106 valence electrons. The molecular formula is C18H21FO. The van der Waals surface area contributed by atoms with Gasteiger partial charge in [-0.3, -0.25) is 0 Å². The zero-order valence-corrected chi connectivity index (χ0v) is 12.4. The first-order valence-corrected chi connectivity index (χ1v) is 7.15. The Bertz CT molecular complexity index is 562. The molecule has 0 spiro atoms. The molecule has 1 nitrogen and oxygen atoms in total. The molecule has 1 aromatic rings. The smallest absolute Gasteiger partial charge is 0.127 e. The Balaban J connectivity index is 2.43. The van der Waals surface area contributed by atoms with E-state index in [1.807, 2.05) is 6.92 Å². The lowest BCUT2D eigenvalue weighted by Gasteiger charge is -2.12. The molecule has 0 saturated heterocycles. The second-order valence-electron chi connectivity index (χ2n) is 4.91. The minimum absolute atomic E-state index is 0.214. The highest BCUT2D eigenvalue weighted by atomic mass is 19.1. The Morgan fingerprint density at radius 3 is 2.45 bits per heavy atom. The van der Waals surface area contributed by atoms with E-state index in [4.69, 9.17) is 4.74 Å². The van der Waals surface area contributed by atoms with Gasteiger partial charge in [-0.15, -0.1) is 0 Å². The lowest BCUT2D eigenvalue weighted by atomic mass is 10.0. The van der Waals surface area contributed by atoms with Crippen LogP contribution < -0.4 is 0 Å². The van der Waals surface area contributed by atoms with E-state index in [1.165, 1.54) is 23.3 Å². The average Bonchev–Trinajstić information content (AvgIpc) is 2.59. The van der Waals surface area contributed by atoms with Crippen molar-refractivity contribution in [1.82, 2.24) is 0 Å². The Morgan fingerprint density at radius 2 is 1.85 bits per heavy atom. The molecule has 2 rings (SSSR count). The number of hydrogen-bond acceptors (Lipinski definition) is 1. The molecule has 0 amide bonds. The molecule has 0 saturated carbocycles. The number of hydrogen-bond donors (Lipinski definition) is 0. The van der Waals surface area contributed by atoms with Crippen molar-refractivity contribution in [3.05, 3.63) is 64.7 Å². The van der Waals surface area contributed by atoms with Crippen LogP contribution in [0.4, 0.5) is 4.39 Å². The highest BCUT2D eigenvalue weighted by molar-refractivity contribution is 5.78. The van der Waals surface area contributed by atoms with Gasteiger partial charge in [-0.25, -0.2) is 4.39 Å². The molecule has 1 aliphatic rings. The average molecular weight is 272 g/mol. The van der Waals surface area contributed by atoms with Gasteiger partial charge in [0.05, 0.1) is 6.61 Å². The van der Waals surface area contributed by atoms with Gasteiger partial charge in [-0.2, -0.15) is 0 Å². The van der Waals surface area contributed by atoms with Crippen molar-refractivity contribution in [2.75, 3.05) is 6.61 Å². The number of halogens is 1. The van der Waals surface area contributed by atoms with Gasteiger partial charge in [-0.1, -0.05) is 30.7 Å². The van der Waals surface area contributed by atoms with Gasteiger partial charge in [-0.05, 0) is 56.0 Å². The summed E-state index contributed by atoms with van der Waals surface area (Å²) in [6, 6.07) is 6.60. The molecule has 0 fully saturated rings. The molecule has 0 unspecified atom stereocenters. The monoisotopic (exact) mass is 272 g/mol. The van der Waals surface area contributed by atoms with Gasteiger partial charge in [0, 0.05) is 5.57 Å². The third kappa shape index (κ3) is 3.19.